The van der Waals surface area contributed by atoms with Crippen molar-refractivity contribution in [3.8, 4) is 0 Å². The molecule has 1 atom stereocenters. The molecule has 1 saturated heterocycles. The smallest absolute Gasteiger partial charge is 0.0265 e. The van der Waals surface area contributed by atoms with Crippen LogP contribution in [0, 0.1) is 0 Å². The highest BCUT2D eigenvalue weighted by Gasteiger charge is 2.22. The number of piperazine rings is 1. The zero-order valence-electron chi connectivity index (χ0n) is 11.1. The molecule has 0 bridgehead atoms. The van der Waals surface area contributed by atoms with Crippen molar-refractivity contribution >= 4 is 11.3 Å². The number of thiophene rings is 1. The molecule has 3 rings (SSSR count). The van der Waals surface area contributed by atoms with E-state index in [1.165, 1.54) is 11.1 Å². The summed E-state index contributed by atoms with van der Waals surface area (Å²) in [4.78, 5) is 2.62. The Balaban J connectivity index is 1.67. The van der Waals surface area contributed by atoms with Crippen LogP contribution >= 0.6 is 11.3 Å². The normalized spacial score (nSPS) is 20.5. The van der Waals surface area contributed by atoms with Gasteiger partial charge in [0, 0.05) is 32.2 Å². The summed E-state index contributed by atoms with van der Waals surface area (Å²) in [6.07, 6.45) is 1.14. The van der Waals surface area contributed by atoms with Crippen molar-refractivity contribution in [1.29, 1.82) is 0 Å². The second-order valence-electron chi connectivity index (χ2n) is 5.15. The fraction of sp³-hybridized carbons (Fsp3) is 0.375. The van der Waals surface area contributed by atoms with Gasteiger partial charge in [-0.2, -0.15) is 11.3 Å². The number of hydrogen-bond acceptors (Lipinski definition) is 3. The Morgan fingerprint density at radius 2 is 2.05 bits per heavy atom. The van der Waals surface area contributed by atoms with Gasteiger partial charge >= 0.3 is 0 Å². The van der Waals surface area contributed by atoms with Crippen LogP contribution in [-0.2, 0) is 13.0 Å². The van der Waals surface area contributed by atoms with Crippen molar-refractivity contribution < 1.29 is 0 Å². The molecule has 2 heterocycles. The van der Waals surface area contributed by atoms with E-state index < -0.39 is 0 Å². The molecule has 2 aromatic rings. The standard InChI is InChI=1S/C16H20N2S/c1-2-4-14(5-3-1)10-16-11-17-7-8-18(16)12-15-6-9-19-13-15/h1-6,9,13,16-17H,7-8,10-12H2. The van der Waals surface area contributed by atoms with Gasteiger partial charge < -0.3 is 5.32 Å². The van der Waals surface area contributed by atoms with Gasteiger partial charge in [0.2, 0.25) is 0 Å². The van der Waals surface area contributed by atoms with Gasteiger partial charge in [-0.15, -0.1) is 0 Å². The van der Waals surface area contributed by atoms with E-state index in [4.69, 9.17) is 0 Å². The SMILES string of the molecule is c1ccc(CC2CNCCN2Cc2ccsc2)cc1. The molecule has 0 radical (unpaired) electrons. The van der Waals surface area contributed by atoms with Crippen LogP contribution in [0.2, 0.25) is 0 Å². The Bertz CT molecular complexity index is 481. The molecule has 100 valence electrons. The summed E-state index contributed by atoms with van der Waals surface area (Å²) in [5.41, 5.74) is 2.89. The number of nitrogens with zero attached hydrogens (tertiary/aromatic N) is 1. The van der Waals surface area contributed by atoms with Gasteiger partial charge in [0.25, 0.3) is 0 Å². The maximum Gasteiger partial charge on any atom is 0.0265 e. The first kappa shape index (κ1) is 12.9. The Hall–Kier alpha value is -1.16. The Labute approximate surface area is 119 Å². The van der Waals surface area contributed by atoms with E-state index in [2.05, 4.69) is 57.4 Å². The minimum atomic E-state index is 0.607. The third kappa shape index (κ3) is 3.44. The van der Waals surface area contributed by atoms with Crippen LogP contribution in [0.25, 0.3) is 0 Å². The van der Waals surface area contributed by atoms with Crippen molar-refractivity contribution in [2.24, 2.45) is 0 Å². The van der Waals surface area contributed by atoms with Gasteiger partial charge in [0.15, 0.2) is 0 Å². The fourth-order valence-corrected chi connectivity index (χ4v) is 3.38. The second kappa shape index (κ2) is 6.33. The Kier molecular flexibility index (Phi) is 4.28. The van der Waals surface area contributed by atoms with Gasteiger partial charge in [-0.1, -0.05) is 30.3 Å². The summed E-state index contributed by atoms with van der Waals surface area (Å²) in [5, 5.41) is 7.96. The predicted molar refractivity (Wildman–Crippen MR) is 81.5 cm³/mol. The lowest BCUT2D eigenvalue weighted by atomic mass is 10.0. The van der Waals surface area contributed by atoms with Crippen LogP contribution in [0.15, 0.2) is 47.2 Å². The molecular weight excluding hydrogens is 252 g/mol. The first-order valence-electron chi connectivity index (χ1n) is 6.91. The summed E-state index contributed by atoms with van der Waals surface area (Å²) >= 11 is 1.79. The molecule has 2 nitrogen and oxygen atoms in total. The van der Waals surface area contributed by atoms with Crippen molar-refractivity contribution in [2.75, 3.05) is 19.6 Å². The molecule has 1 aliphatic rings. The number of benzene rings is 1. The van der Waals surface area contributed by atoms with Crippen LogP contribution in [0.1, 0.15) is 11.1 Å². The van der Waals surface area contributed by atoms with E-state index in [-0.39, 0.29) is 0 Å². The van der Waals surface area contributed by atoms with Gasteiger partial charge in [-0.25, -0.2) is 0 Å². The average Bonchev–Trinajstić information content (AvgIpc) is 2.95. The molecule has 3 heteroatoms. The van der Waals surface area contributed by atoms with Gasteiger partial charge in [-0.3, -0.25) is 4.90 Å². The number of nitrogens with one attached hydrogen (secondary N) is 1. The van der Waals surface area contributed by atoms with Crippen molar-refractivity contribution in [3.63, 3.8) is 0 Å². The van der Waals surface area contributed by atoms with Gasteiger partial charge in [0.05, 0.1) is 0 Å². The zero-order valence-corrected chi connectivity index (χ0v) is 11.9. The minimum Gasteiger partial charge on any atom is -0.314 e. The molecular formula is C16H20N2S. The lowest BCUT2D eigenvalue weighted by Crippen LogP contribution is -2.51. The van der Waals surface area contributed by atoms with E-state index in [0.29, 0.717) is 6.04 Å². The quantitative estimate of drug-likeness (QED) is 0.920. The Morgan fingerprint density at radius 3 is 2.84 bits per heavy atom. The highest BCUT2D eigenvalue weighted by Crippen LogP contribution is 2.16. The monoisotopic (exact) mass is 272 g/mol. The van der Waals surface area contributed by atoms with E-state index in [9.17, 15) is 0 Å². The maximum atomic E-state index is 3.53. The molecule has 1 unspecified atom stereocenters. The molecule has 0 saturated carbocycles. The lowest BCUT2D eigenvalue weighted by Gasteiger charge is -2.36. The van der Waals surface area contributed by atoms with Gasteiger partial charge in [-0.05, 0) is 34.4 Å². The molecule has 0 amide bonds. The fourth-order valence-electron chi connectivity index (χ4n) is 2.72. The third-order valence-electron chi connectivity index (χ3n) is 3.75. The molecule has 19 heavy (non-hydrogen) atoms. The molecule has 1 fully saturated rings. The molecule has 1 aliphatic heterocycles. The second-order valence-corrected chi connectivity index (χ2v) is 5.93. The minimum absolute atomic E-state index is 0.607. The van der Waals surface area contributed by atoms with Crippen LogP contribution < -0.4 is 5.32 Å². The maximum absolute atomic E-state index is 3.53. The van der Waals surface area contributed by atoms with E-state index in [1.54, 1.807) is 11.3 Å². The molecule has 0 spiro atoms. The topological polar surface area (TPSA) is 15.3 Å². The largest absolute Gasteiger partial charge is 0.314 e. The summed E-state index contributed by atoms with van der Waals surface area (Å²) in [5.74, 6) is 0. The van der Waals surface area contributed by atoms with Crippen molar-refractivity contribution in [3.05, 3.63) is 58.3 Å². The zero-order chi connectivity index (χ0) is 12.9. The highest BCUT2D eigenvalue weighted by molar-refractivity contribution is 7.07. The van der Waals surface area contributed by atoms with Crippen LogP contribution in [-0.4, -0.2) is 30.6 Å². The number of hydrogen-bond donors (Lipinski definition) is 1. The van der Waals surface area contributed by atoms with Gasteiger partial charge in [0.1, 0.15) is 0 Å². The first-order chi connectivity index (χ1) is 9.42. The third-order valence-corrected chi connectivity index (χ3v) is 4.48. The van der Waals surface area contributed by atoms with Crippen molar-refractivity contribution in [1.82, 2.24) is 10.2 Å². The first-order valence-corrected chi connectivity index (χ1v) is 7.86. The lowest BCUT2D eigenvalue weighted by molar-refractivity contribution is 0.152. The molecule has 1 aromatic carbocycles. The summed E-state index contributed by atoms with van der Waals surface area (Å²) in [6.45, 7) is 4.44. The molecule has 0 aliphatic carbocycles. The molecule has 1 aromatic heterocycles. The highest BCUT2D eigenvalue weighted by atomic mass is 32.1. The summed E-state index contributed by atoms with van der Waals surface area (Å²) < 4.78 is 0. The van der Waals surface area contributed by atoms with Crippen molar-refractivity contribution in [2.45, 2.75) is 19.0 Å². The summed E-state index contributed by atoms with van der Waals surface area (Å²) in [6, 6.07) is 13.7. The van der Waals surface area contributed by atoms with E-state index in [0.717, 1.165) is 32.6 Å². The Morgan fingerprint density at radius 1 is 1.16 bits per heavy atom. The number of rotatable bonds is 4. The predicted octanol–water partition coefficient (Wildman–Crippen LogP) is 2.76. The van der Waals surface area contributed by atoms with E-state index >= 15 is 0 Å². The van der Waals surface area contributed by atoms with Crippen LogP contribution in [0.3, 0.4) is 0 Å². The van der Waals surface area contributed by atoms with E-state index in [1.807, 2.05) is 0 Å². The summed E-state index contributed by atoms with van der Waals surface area (Å²) in [7, 11) is 0. The average molecular weight is 272 g/mol. The van der Waals surface area contributed by atoms with Crippen LogP contribution in [0.5, 0.6) is 0 Å². The molecule has 1 N–H and O–H groups in total. The van der Waals surface area contributed by atoms with Crippen LogP contribution in [0.4, 0.5) is 0 Å².